The lowest BCUT2D eigenvalue weighted by Gasteiger charge is -2.27. The minimum Gasteiger partial charge on any atom is -0.375 e. The van der Waals surface area contributed by atoms with E-state index >= 15 is 0 Å². The number of ketones is 1. The van der Waals surface area contributed by atoms with E-state index < -0.39 is 0 Å². The van der Waals surface area contributed by atoms with Gasteiger partial charge < -0.3 is 4.74 Å². The second-order valence-electron chi connectivity index (χ2n) is 5.72. The normalized spacial score (nSPS) is 29.4. The summed E-state index contributed by atoms with van der Waals surface area (Å²) in [5, 5.41) is 0. The third-order valence-corrected chi connectivity index (χ3v) is 4.32. The number of hydrogen-bond donors (Lipinski definition) is 0. The molecule has 0 aliphatic carbocycles. The van der Waals surface area contributed by atoms with Gasteiger partial charge in [0.15, 0.2) is 0 Å². The summed E-state index contributed by atoms with van der Waals surface area (Å²) in [5.74, 6) is 0.312. The molecule has 0 N–H and O–H groups in total. The van der Waals surface area contributed by atoms with Crippen molar-refractivity contribution in [3.8, 4) is 0 Å². The van der Waals surface area contributed by atoms with Crippen LogP contribution in [0.4, 0.5) is 4.39 Å². The summed E-state index contributed by atoms with van der Waals surface area (Å²) in [5.41, 5.74) is 1.03. The molecule has 2 unspecified atom stereocenters. The number of rotatable bonds is 4. The van der Waals surface area contributed by atoms with Crippen molar-refractivity contribution in [2.24, 2.45) is 5.92 Å². The third kappa shape index (κ3) is 3.03. The van der Waals surface area contributed by atoms with Crippen molar-refractivity contribution in [3.05, 3.63) is 35.6 Å². The van der Waals surface area contributed by atoms with Crippen molar-refractivity contribution in [2.45, 2.75) is 50.7 Å². The van der Waals surface area contributed by atoms with Crippen molar-refractivity contribution in [1.29, 1.82) is 0 Å². The maximum atomic E-state index is 12.8. The first-order valence-electron chi connectivity index (χ1n) is 7.13. The molecule has 2 fully saturated rings. The van der Waals surface area contributed by atoms with Gasteiger partial charge in [0.25, 0.3) is 0 Å². The van der Waals surface area contributed by atoms with Gasteiger partial charge in [0.1, 0.15) is 11.6 Å². The first-order chi connectivity index (χ1) is 9.20. The van der Waals surface area contributed by atoms with Gasteiger partial charge in [-0.3, -0.25) is 4.79 Å². The molecule has 0 amide bonds. The lowest BCUT2D eigenvalue weighted by atomic mass is 9.88. The highest BCUT2D eigenvalue weighted by Crippen LogP contribution is 2.36. The minimum absolute atomic E-state index is 0.187. The molecule has 2 aliphatic rings. The monoisotopic (exact) mass is 262 g/mol. The highest BCUT2D eigenvalue weighted by Gasteiger charge is 2.37. The van der Waals surface area contributed by atoms with Crippen LogP contribution in [0.15, 0.2) is 24.3 Å². The van der Waals surface area contributed by atoms with Crippen LogP contribution in [0.25, 0.3) is 0 Å². The Labute approximate surface area is 113 Å². The zero-order chi connectivity index (χ0) is 13.2. The van der Waals surface area contributed by atoms with Crippen molar-refractivity contribution < 1.29 is 13.9 Å². The summed E-state index contributed by atoms with van der Waals surface area (Å²) in [6.07, 6.45) is 5.95. The standard InChI is InChI=1S/C16H19FO2/c17-13-4-1-11(2-5-13)3-8-16(18)12-9-14-6-7-15(10-12)19-14/h1-2,4-5,12,14-15H,3,6-10H2. The molecule has 3 heteroatoms. The molecule has 0 saturated carbocycles. The van der Waals surface area contributed by atoms with E-state index in [1.807, 2.05) is 0 Å². The second-order valence-corrected chi connectivity index (χ2v) is 5.72. The smallest absolute Gasteiger partial charge is 0.136 e. The Morgan fingerprint density at radius 3 is 2.42 bits per heavy atom. The second kappa shape index (κ2) is 5.41. The molecule has 2 saturated heterocycles. The maximum Gasteiger partial charge on any atom is 0.136 e. The van der Waals surface area contributed by atoms with Crippen LogP contribution in [0.2, 0.25) is 0 Å². The van der Waals surface area contributed by atoms with Gasteiger partial charge in [-0.1, -0.05) is 12.1 Å². The van der Waals surface area contributed by atoms with E-state index in [9.17, 15) is 9.18 Å². The molecule has 0 radical (unpaired) electrons. The number of halogens is 1. The number of aryl methyl sites for hydroxylation is 1. The lowest BCUT2D eigenvalue weighted by molar-refractivity contribution is -0.128. The van der Waals surface area contributed by atoms with Crippen LogP contribution < -0.4 is 0 Å². The molecule has 1 aromatic rings. The third-order valence-electron chi connectivity index (χ3n) is 4.32. The van der Waals surface area contributed by atoms with Crippen LogP contribution in [0.3, 0.4) is 0 Å². The highest BCUT2D eigenvalue weighted by molar-refractivity contribution is 5.81. The number of carbonyl (C=O) groups excluding carboxylic acids is 1. The average molecular weight is 262 g/mol. The van der Waals surface area contributed by atoms with Gasteiger partial charge in [-0.15, -0.1) is 0 Å². The molecule has 2 bridgehead atoms. The van der Waals surface area contributed by atoms with E-state index in [0.29, 0.717) is 30.8 Å². The molecule has 2 atom stereocenters. The van der Waals surface area contributed by atoms with Crippen molar-refractivity contribution >= 4 is 5.78 Å². The van der Waals surface area contributed by atoms with Gasteiger partial charge in [-0.05, 0) is 49.8 Å². The molecular weight excluding hydrogens is 243 g/mol. The number of carbonyl (C=O) groups is 1. The quantitative estimate of drug-likeness (QED) is 0.832. The molecular formula is C16H19FO2. The van der Waals surface area contributed by atoms with E-state index in [1.165, 1.54) is 12.1 Å². The topological polar surface area (TPSA) is 26.3 Å². The van der Waals surface area contributed by atoms with Crippen molar-refractivity contribution in [1.82, 2.24) is 0 Å². The molecule has 0 aromatic heterocycles. The number of fused-ring (bicyclic) bond motifs is 2. The van der Waals surface area contributed by atoms with Crippen LogP contribution in [-0.2, 0) is 16.0 Å². The number of benzene rings is 1. The average Bonchev–Trinajstić information content (AvgIpc) is 2.76. The first kappa shape index (κ1) is 12.8. The van der Waals surface area contributed by atoms with E-state index in [0.717, 1.165) is 31.2 Å². The Bertz CT molecular complexity index is 442. The Balaban J connectivity index is 1.52. The lowest BCUT2D eigenvalue weighted by Crippen LogP contribution is -2.30. The van der Waals surface area contributed by atoms with Crippen molar-refractivity contribution in [2.75, 3.05) is 0 Å². The molecule has 102 valence electrons. The van der Waals surface area contributed by atoms with Crippen LogP contribution >= 0.6 is 0 Å². The van der Waals surface area contributed by atoms with Gasteiger partial charge in [-0.2, -0.15) is 0 Å². The summed E-state index contributed by atoms with van der Waals surface area (Å²) in [4.78, 5) is 12.2. The van der Waals surface area contributed by atoms with Gasteiger partial charge in [0, 0.05) is 12.3 Å². The SMILES string of the molecule is O=C(CCc1ccc(F)cc1)C1CC2CCC(C1)O2. The van der Waals surface area contributed by atoms with Crippen LogP contribution in [0, 0.1) is 11.7 Å². The predicted molar refractivity (Wildman–Crippen MR) is 70.3 cm³/mol. The summed E-state index contributed by atoms with van der Waals surface area (Å²) < 4.78 is 18.5. The molecule has 2 aliphatic heterocycles. The molecule has 3 rings (SSSR count). The summed E-state index contributed by atoms with van der Waals surface area (Å²) in [7, 11) is 0. The zero-order valence-electron chi connectivity index (χ0n) is 11.0. The van der Waals surface area contributed by atoms with Gasteiger partial charge in [0.05, 0.1) is 12.2 Å². The first-order valence-corrected chi connectivity index (χ1v) is 7.13. The van der Waals surface area contributed by atoms with E-state index in [1.54, 1.807) is 12.1 Å². The number of ether oxygens (including phenoxy) is 1. The molecule has 0 spiro atoms. The van der Waals surface area contributed by atoms with Gasteiger partial charge in [-0.25, -0.2) is 4.39 Å². The molecule has 2 nitrogen and oxygen atoms in total. The predicted octanol–water partition coefficient (Wildman–Crippen LogP) is 3.29. The fourth-order valence-corrected chi connectivity index (χ4v) is 3.24. The Hall–Kier alpha value is -1.22. The van der Waals surface area contributed by atoms with E-state index in [4.69, 9.17) is 4.74 Å². The Kier molecular flexibility index (Phi) is 3.65. The Morgan fingerprint density at radius 1 is 1.16 bits per heavy atom. The number of Topliss-reactive ketones (excluding diaryl/α,β-unsaturated/α-hetero) is 1. The summed E-state index contributed by atoms with van der Waals surface area (Å²) in [6, 6.07) is 6.43. The minimum atomic E-state index is -0.226. The van der Waals surface area contributed by atoms with E-state index in [-0.39, 0.29) is 11.7 Å². The number of hydrogen-bond acceptors (Lipinski definition) is 2. The van der Waals surface area contributed by atoms with Gasteiger partial charge in [0.2, 0.25) is 0 Å². The highest BCUT2D eigenvalue weighted by atomic mass is 19.1. The maximum absolute atomic E-state index is 12.8. The zero-order valence-corrected chi connectivity index (χ0v) is 11.0. The fraction of sp³-hybridized carbons (Fsp3) is 0.562. The van der Waals surface area contributed by atoms with Gasteiger partial charge >= 0.3 is 0 Å². The van der Waals surface area contributed by atoms with Crippen LogP contribution in [0.1, 0.15) is 37.7 Å². The molecule has 19 heavy (non-hydrogen) atoms. The van der Waals surface area contributed by atoms with E-state index in [2.05, 4.69) is 0 Å². The largest absolute Gasteiger partial charge is 0.375 e. The van der Waals surface area contributed by atoms with Crippen molar-refractivity contribution in [3.63, 3.8) is 0 Å². The molecule has 1 aromatic carbocycles. The Morgan fingerprint density at radius 2 is 1.79 bits per heavy atom. The molecule has 2 heterocycles. The van der Waals surface area contributed by atoms with Crippen LogP contribution in [-0.4, -0.2) is 18.0 Å². The summed E-state index contributed by atoms with van der Waals surface area (Å²) >= 11 is 0. The fourth-order valence-electron chi connectivity index (χ4n) is 3.24. The van der Waals surface area contributed by atoms with Crippen LogP contribution in [0.5, 0.6) is 0 Å². The summed E-state index contributed by atoms with van der Waals surface area (Å²) in [6.45, 7) is 0.